The Hall–Kier alpha value is -2.63. The third-order valence-electron chi connectivity index (χ3n) is 2.76. The van der Waals surface area contributed by atoms with E-state index in [-0.39, 0.29) is 18.0 Å². The molecule has 6 heteroatoms. The molecule has 1 aromatic carbocycles. The Morgan fingerprint density at radius 1 is 1.30 bits per heavy atom. The van der Waals surface area contributed by atoms with Crippen molar-refractivity contribution in [3.05, 3.63) is 58.4 Å². The fraction of sp³-hybridized carbons (Fsp3) is 0.214. The molecule has 2 aromatic rings. The molecule has 0 saturated carbocycles. The Morgan fingerprint density at radius 2 is 2.10 bits per heavy atom. The van der Waals surface area contributed by atoms with E-state index in [1.807, 2.05) is 31.1 Å². The Morgan fingerprint density at radius 3 is 2.70 bits per heavy atom. The standard InChI is InChI=1S/C14H15N3O3/c1-16(2)12-6-7-13(17(18)19)14(9-12)20-10-11-5-3-4-8-15-11/h3-9H,10H2,1-2H3. The van der Waals surface area contributed by atoms with Crippen molar-refractivity contribution in [1.29, 1.82) is 0 Å². The largest absolute Gasteiger partial charge is 0.480 e. The average molecular weight is 273 g/mol. The molecule has 0 fully saturated rings. The highest BCUT2D eigenvalue weighted by Crippen LogP contribution is 2.31. The molecule has 0 radical (unpaired) electrons. The lowest BCUT2D eigenvalue weighted by Crippen LogP contribution is -2.09. The molecule has 0 amide bonds. The fourth-order valence-electron chi connectivity index (χ4n) is 1.68. The zero-order chi connectivity index (χ0) is 14.5. The SMILES string of the molecule is CN(C)c1ccc([N+](=O)[O-])c(OCc2ccccn2)c1. The molecule has 0 aliphatic rings. The maximum atomic E-state index is 11.0. The zero-order valence-electron chi connectivity index (χ0n) is 11.3. The maximum absolute atomic E-state index is 11.0. The van der Waals surface area contributed by atoms with Gasteiger partial charge < -0.3 is 9.64 Å². The highest BCUT2D eigenvalue weighted by atomic mass is 16.6. The van der Waals surface area contributed by atoms with Gasteiger partial charge in [-0.25, -0.2) is 0 Å². The van der Waals surface area contributed by atoms with Crippen LogP contribution in [-0.2, 0) is 6.61 Å². The summed E-state index contributed by atoms with van der Waals surface area (Å²) in [5.74, 6) is 0.242. The molecular formula is C14H15N3O3. The predicted octanol–water partition coefficient (Wildman–Crippen LogP) is 2.63. The molecule has 1 aromatic heterocycles. The number of rotatable bonds is 5. The molecule has 0 N–H and O–H groups in total. The second-order valence-electron chi connectivity index (χ2n) is 4.41. The van der Waals surface area contributed by atoms with Crippen LogP contribution in [0.1, 0.15) is 5.69 Å². The van der Waals surface area contributed by atoms with Crippen LogP contribution in [0.25, 0.3) is 0 Å². The number of anilines is 1. The molecule has 0 saturated heterocycles. The lowest BCUT2D eigenvalue weighted by molar-refractivity contribution is -0.385. The van der Waals surface area contributed by atoms with Gasteiger partial charge >= 0.3 is 5.69 Å². The van der Waals surface area contributed by atoms with Gasteiger partial charge in [0.05, 0.1) is 10.6 Å². The van der Waals surface area contributed by atoms with Gasteiger partial charge in [0.25, 0.3) is 0 Å². The van der Waals surface area contributed by atoms with Crippen molar-refractivity contribution in [2.75, 3.05) is 19.0 Å². The summed E-state index contributed by atoms with van der Waals surface area (Å²) in [6.45, 7) is 0.193. The molecule has 6 nitrogen and oxygen atoms in total. The van der Waals surface area contributed by atoms with Crippen molar-refractivity contribution in [2.45, 2.75) is 6.61 Å². The van der Waals surface area contributed by atoms with Crippen LogP contribution in [0, 0.1) is 10.1 Å². The van der Waals surface area contributed by atoms with Crippen molar-refractivity contribution < 1.29 is 9.66 Å². The number of ether oxygens (including phenoxy) is 1. The second kappa shape index (κ2) is 6.01. The zero-order valence-corrected chi connectivity index (χ0v) is 11.3. The maximum Gasteiger partial charge on any atom is 0.311 e. The highest BCUT2D eigenvalue weighted by molar-refractivity contribution is 5.58. The Labute approximate surface area is 116 Å². The topological polar surface area (TPSA) is 68.5 Å². The van der Waals surface area contributed by atoms with Crippen LogP contribution in [0.5, 0.6) is 5.75 Å². The molecule has 0 aliphatic carbocycles. The molecule has 2 rings (SSSR count). The van der Waals surface area contributed by atoms with Crippen LogP contribution >= 0.6 is 0 Å². The summed E-state index contributed by atoms with van der Waals surface area (Å²) < 4.78 is 5.54. The van der Waals surface area contributed by atoms with Crippen molar-refractivity contribution in [3.63, 3.8) is 0 Å². The number of benzene rings is 1. The smallest absolute Gasteiger partial charge is 0.311 e. The van der Waals surface area contributed by atoms with Gasteiger partial charge in [-0.3, -0.25) is 15.1 Å². The minimum absolute atomic E-state index is 0.0495. The minimum Gasteiger partial charge on any atom is -0.480 e. The number of pyridine rings is 1. The monoisotopic (exact) mass is 273 g/mol. The number of nitrogens with zero attached hydrogens (tertiary/aromatic N) is 3. The molecule has 0 spiro atoms. The van der Waals surface area contributed by atoms with Gasteiger partial charge in [0.1, 0.15) is 6.61 Å². The Balaban J connectivity index is 2.24. The summed E-state index contributed by atoms with van der Waals surface area (Å²) in [5.41, 5.74) is 1.51. The van der Waals surface area contributed by atoms with Gasteiger partial charge in [0, 0.05) is 38.1 Å². The van der Waals surface area contributed by atoms with Gasteiger partial charge in [-0.15, -0.1) is 0 Å². The van der Waals surface area contributed by atoms with E-state index in [0.29, 0.717) is 0 Å². The van der Waals surface area contributed by atoms with Crippen molar-refractivity contribution in [1.82, 2.24) is 4.98 Å². The molecule has 104 valence electrons. The summed E-state index contributed by atoms with van der Waals surface area (Å²) in [6.07, 6.45) is 1.66. The summed E-state index contributed by atoms with van der Waals surface area (Å²) in [5, 5.41) is 11.0. The molecule has 0 atom stereocenters. The second-order valence-corrected chi connectivity index (χ2v) is 4.41. The van der Waals surface area contributed by atoms with Crippen LogP contribution < -0.4 is 9.64 Å². The third kappa shape index (κ3) is 3.23. The first-order valence-electron chi connectivity index (χ1n) is 6.06. The van der Waals surface area contributed by atoms with E-state index < -0.39 is 4.92 Å². The van der Waals surface area contributed by atoms with Crippen LogP contribution in [0.3, 0.4) is 0 Å². The van der Waals surface area contributed by atoms with E-state index in [1.165, 1.54) is 6.07 Å². The van der Waals surface area contributed by atoms with Crippen LogP contribution in [0.2, 0.25) is 0 Å². The van der Waals surface area contributed by atoms with Crippen LogP contribution in [0.15, 0.2) is 42.6 Å². The van der Waals surface area contributed by atoms with Gasteiger partial charge in [-0.2, -0.15) is 0 Å². The fourth-order valence-corrected chi connectivity index (χ4v) is 1.68. The third-order valence-corrected chi connectivity index (χ3v) is 2.76. The molecule has 20 heavy (non-hydrogen) atoms. The van der Waals surface area contributed by atoms with Crippen LogP contribution in [-0.4, -0.2) is 24.0 Å². The molecule has 0 bridgehead atoms. The first kappa shape index (κ1) is 13.8. The Bertz CT molecular complexity index is 600. The lowest BCUT2D eigenvalue weighted by Gasteiger charge is -2.14. The molecule has 0 aliphatic heterocycles. The molecule has 1 heterocycles. The van der Waals surface area contributed by atoms with E-state index in [0.717, 1.165) is 11.4 Å². The Kier molecular flexibility index (Phi) is 4.14. The number of hydrogen-bond donors (Lipinski definition) is 0. The average Bonchev–Trinajstić information content (AvgIpc) is 2.45. The van der Waals surface area contributed by atoms with E-state index in [4.69, 9.17) is 4.74 Å². The van der Waals surface area contributed by atoms with E-state index in [2.05, 4.69) is 4.98 Å². The first-order valence-corrected chi connectivity index (χ1v) is 6.06. The van der Waals surface area contributed by atoms with E-state index in [9.17, 15) is 10.1 Å². The van der Waals surface area contributed by atoms with Crippen molar-refractivity contribution in [2.24, 2.45) is 0 Å². The van der Waals surface area contributed by atoms with E-state index in [1.54, 1.807) is 24.4 Å². The first-order chi connectivity index (χ1) is 9.58. The minimum atomic E-state index is -0.451. The predicted molar refractivity (Wildman–Crippen MR) is 76.0 cm³/mol. The molecule has 0 unspecified atom stereocenters. The van der Waals surface area contributed by atoms with Crippen molar-refractivity contribution in [3.8, 4) is 5.75 Å². The lowest BCUT2D eigenvalue weighted by atomic mass is 10.2. The highest BCUT2D eigenvalue weighted by Gasteiger charge is 2.16. The van der Waals surface area contributed by atoms with Gasteiger partial charge in [-0.05, 0) is 18.2 Å². The number of nitro groups is 1. The molecular weight excluding hydrogens is 258 g/mol. The number of hydrogen-bond acceptors (Lipinski definition) is 5. The van der Waals surface area contributed by atoms with Gasteiger partial charge in [0.2, 0.25) is 0 Å². The number of nitro benzene ring substituents is 1. The number of aromatic nitrogens is 1. The van der Waals surface area contributed by atoms with Crippen LogP contribution in [0.4, 0.5) is 11.4 Å². The van der Waals surface area contributed by atoms with Gasteiger partial charge in [0.15, 0.2) is 5.75 Å². The summed E-state index contributed by atoms with van der Waals surface area (Å²) in [4.78, 5) is 16.5. The summed E-state index contributed by atoms with van der Waals surface area (Å²) >= 11 is 0. The normalized spacial score (nSPS) is 10.1. The van der Waals surface area contributed by atoms with Gasteiger partial charge in [-0.1, -0.05) is 6.07 Å². The van der Waals surface area contributed by atoms with E-state index >= 15 is 0 Å². The van der Waals surface area contributed by atoms with Crippen molar-refractivity contribution >= 4 is 11.4 Å². The summed E-state index contributed by atoms with van der Waals surface area (Å²) in [7, 11) is 3.73. The quantitative estimate of drug-likeness (QED) is 0.618. The summed E-state index contributed by atoms with van der Waals surface area (Å²) in [6, 6.07) is 10.2.